The molecule has 3 heterocycles. The normalized spacial score (nSPS) is 18.2. The molecule has 0 N–H and O–H groups in total. The van der Waals surface area contributed by atoms with Crippen LogP contribution < -0.4 is 4.74 Å². The van der Waals surface area contributed by atoms with Gasteiger partial charge in [-0.3, -0.25) is 14.5 Å². The molecule has 1 unspecified atom stereocenters. The van der Waals surface area contributed by atoms with Crippen molar-refractivity contribution in [3.63, 3.8) is 0 Å². The second-order valence-electron chi connectivity index (χ2n) is 9.21. The summed E-state index contributed by atoms with van der Waals surface area (Å²) in [6.45, 7) is 6.01. The molecule has 0 aliphatic carbocycles. The highest BCUT2D eigenvalue weighted by Crippen LogP contribution is 2.16. The number of rotatable bonds is 13. The Balaban J connectivity index is 1.38. The molecule has 9 nitrogen and oxygen atoms in total. The summed E-state index contributed by atoms with van der Waals surface area (Å²) in [6, 6.07) is 12.9. The fourth-order valence-electron chi connectivity index (χ4n) is 4.50. The summed E-state index contributed by atoms with van der Waals surface area (Å²) in [5, 5.41) is 0. The van der Waals surface area contributed by atoms with Crippen LogP contribution in [0.15, 0.2) is 53.1 Å². The average Bonchev–Trinajstić information content (AvgIpc) is 3.62. The molecule has 4 rings (SSSR count). The molecule has 2 aromatic rings. The monoisotopic (exact) mass is 499 g/mol. The fourth-order valence-corrected chi connectivity index (χ4v) is 4.50. The van der Waals surface area contributed by atoms with Gasteiger partial charge in [0.25, 0.3) is 5.91 Å². The van der Waals surface area contributed by atoms with E-state index in [0.29, 0.717) is 31.1 Å². The lowest BCUT2D eigenvalue weighted by molar-refractivity contribution is -0.143. The van der Waals surface area contributed by atoms with Gasteiger partial charge in [0.15, 0.2) is 6.61 Å². The van der Waals surface area contributed by atoms with Crippen LogP contribution in [0.4, 0.5) is 0 Å². The second kappa shape index (κ2) is 14.0. The molecule has 0 radical (unpaired) electrons. The molecular formula is C27H37N3O6. The van der Waals surface area contributed by atoms with Crippen molar-refractivity contribution in [2.45, 2.75) is 31.9 Å². The van der Waals surface area contributed by atoms with E-state index in [1.54, 1.807) is 16.1 Å². The maximum atomic E-state index is 13.5. The van der Waals surface area contributed by atoms with E-state index in [0.717, 1.165) is 58.7 Å². The molecule has 0 bridgehead atoms. The highest BCUT2D eigenvalue weighted by Gasteiger charge is 2.26. The molecule has 1 aromatic heterocycles. The van der Waals surface area contributed by atoms with Crippen molar-refractivity contribution in [3.8, 4) is 5.75 Å². The Morgan fingerprint density at radius 1 is 1.00 bits per heavy atom. The molecular weight excluding hydrogens is 462 g/mol. The Morgan fingerprint density at radius 3 is 2.56 bits per heavy atom. The van der Waals surface area contributed by atoms with Gasteiger partial charge in [0.2, 0.25) is 5.91 Å². The van der Waals surface area contributed by atoms with Crippen molar-refractivity contribution >= 4 is 11.8 Å². The molecule has 2 saturated heterocycles. The van der Waals surface area contributed by atoms with Gasteiger partial charge in [-0.25, -0.2) is 0 Å². The zero-order chi connectivity index (χ0) is 25.0. The maximum absolute atomic E-state index is 13.5. The van der Waals surface area contributed by atoms with Crippen LogP contribution in [0.25, 0.3) is 0 Å². The SMILES string of the molecule is O=C(COc1ccccc1)N(CCCN1CCOCC1)CC(=O)N(Cc1ccco1)CC1CCCO1. The van der Waals surface area contributed by atoms with E-state index in [4.69, 9.17) is 18.6 Å². The number of para-hydroxylation sites is 1. The topological polar surface area (TPSA) is 84.7 Å². The van der Waals surface area contributed by atoms with E-state index < -0.39 is 0 Å². The van der Waals surface area contributed by atoms with Crippen LogP contribution in [0.1, 0.15) is 25.0 Å². The first-order valence-corrected chi connectivity index (χ1v) is 12.8. The molecule has 2 fully saturated rings. The molecule has 1 atom stereocenters. The van der Waals surface area contributed by atoms with Crippen LogP contribution in [0.2, 0.25) is 0 Å². The number of furan rings is 1. The van der Waals surface area contributed by atoms with E-state index in [1.807, 2.05) is 42.5 Å². The lowest BCUT2D eigenvalue weighted by atomic mass is 10.2. The Labute approximate surface area is 212 Å². The maximum Gasteiger partial charge on any atom is 0.260 e. The first kappa shape index (κ1) is 26.2. The third-order valence-electron chi connectivity index (χ3n) is 6.52. The van der Waals surface area contributed by atoms with Gasteiger partial charge in [-0.1, -0.05) is 18.2 Å². The Morgan fingerprint density at radius 2 is 1.83 bits per heavy atom. The number of carbonyl (C=O) groups is 2. The molecule has 0 saturated carbocycles. The fraction of sp³-hybridized carbons (Fsp3) is 0.556. The standard InChI is InChI=1S/C27H37N3O6/c31-26(30(19-24-9-4-15-34-24)20-25-10-5-16-35-25)21-29(12-6-11-28-13-17-33-18-14-28)27(32)22-36-23-7-2-1-3-8-23/h1-4,7-9,15,25H,5-6,10-14,16-22H2. The number of amides is 2. The summed E-state index contributed by atoms with van der Waals surface area (Å²) in [4.78, 5) is 32.3. The van der Waals surface area contributed by atoms with Gasteiger partial charge < -0.3 is 28.4 Å². The van der Waals surface area contributed by atoms with E-state index in [2.05, 4.69) is 4.90 Å². The van der Waals surface area contributed by atoms with E-state index in [-0.39, 0.29) is 31.1 Å². The summed E-state index contributed by atoms with van der Waals surface area (Å²) in [5.41, 5.74) is 0. The summed E-state index contributed by atoms with van der Waals surface area (Å²) >= 11 is 0. The first-order valence-electron chi connectivity index (χ1n) is 12.8. The highest BCUT2D eigenvalue weighted by molar-refractivity contribution is 5.85. The van der Waals surface area contributed by atoms with E-state index in [1.165, 1.54) is 0 Å². The second-order valence-corrected chi connectivity index (χ2v) is 9.21. The summed E-state index contributed by atoms with van der Waals surface area (Å²) < 4.78 is 22.4. The average molecular weight is 500 g/mol. The van der Waals surface area contributed by atoms with Crippen molar-refractivity contribution in [1.29, 1.82) is 0 Å². The molecule has 2 aliphatic rings. The quantitative estimate of drug-likeness (QED) is 0.419. The van der Waals surface area contributed by atoms with Crippen molar-refractivity contribution in [1.82, 2.24) is 14.7 Å². The van der Waals surface area contributed by atoms with Crippen LogP contribution in [-0.2, 0) is 25.6 Å². The Bertz CT molecular complexity index is 911. The number of ether oxygens (including phenoxy) is 3. The van der Waals surface area contributed by atoms with Crippen LogP contribution in [-0.4, -0.2) is 98.3 Å². The largest absolute Gasteiger partial charge is 0.484 e. The summed E-state index contributed by atoms with van der Waals surface area (Å²) in [7, 11) is 0. The minimum atomic E-state index is -0.204. The van der Waals surface area contributed by atoms with Crippen molar-refractivity contribution in [2.75, 3.05) is 65.7 Å². The smallest absolute Gasteiger partial charge is 0.260 e. The minimum Gasteiger partial charge on any atom is -0.484 e. The van der Waals surface area contributed by atoms with Crippen molar-refractivity contribution in [3.05, 3.63) is 54.5 Å². The first-order chi connectivity index (χ1) is 17.7. The Kier molecular flexibility index (Phi) is 10.2. The van der Waals surface area contributed by atoms with Crippen LogP contribution >= 0.6 is 0 Å². The third kappa shape index (κ3) is 8.36. The third-order valence-corrected chi connectivity index (χ3v) is 6.52. The summed E-state index contributed by atoms with van der Waals surface area (Å²) in [6.07, 6.45) is 4.31. The molecule has 2 aliphatic heterocycles. The lowest BCUT2D eigenvalue weighted by Gasteiger charge is -2.30. The number of hydrogen-bond donors (Lipinski definition) is 0. The van der Waals surface area contributed by atoms with Crippen molar-refractivity contribution in [2.24, 2.45) is 0 Å². The molecule has 1 aromatic carbocycles. The molecule has 36 heavy (non-hydrogen) atoms. The van der Waals surface area contributed by atoms with Gasteiger partial charge in [-0.05, 0) is 43.5 Å². The van der Waals surface area contributed by atoms with Gasteiger partial charge in [0.1, 0.15) is 11.5 Å². The van der Waals surface area contributed by atoms with Gasteiger partial charge in [-0.15, -0.1) is 0 Å². The van der Waals surface area contributed by atoms with Crippen LogP contribution in [0.3, 0.4) is 0 Å². The Hall–Kier alpha value is -2.88. The number of hydrogen-bond acceptors (Lipinski definition) is 7. The van der Waals surface area contributed by atoms with Crippen LogP contribution in [0.5, 0.6) is 5.75 Å². The van der Waals surface area contributed by atoms with Crippen molar-refractivity contribution < 1.29 is 28.2 Å². The summed E-state index contributed by atoms with van der Waals surface area (Å²) in [5.74, 6) is 1.01. The zero-order valence-corrected chi connectivity index (χ0v) is 20.9. The van der Waals surface area contributed by atoms with Gasteiger partial charge in [-0.2, -0.15) is 0 Å². The van der Waals surface area contributed by atoms with Gasteiger partial charge in [0.05, 0.1) is 38.7 Å². The van der Waals surface area contributed by atoms with Gasteiger partial charge in [0, 0.05) is 39.3 Å². The predicted molar refractivity (Wildman–Crippen MR) is 133 cm³/mol. The lowest BCUT2D eigenvalue weighted by Crippen LogP contribution is -2.47. The number of morpholine rings is 1. The molecule has 0 spiro atoms. The van der Waals surface area contributed by atoms with E-state index >= 15 is 0 Å². The van der Waals surface area contributed by atoms with E-state index in [9.17, 15) is 9.59 Å². The number of carbonyl (C=O) groups excluding carboxylic acids is 2. The minimum absolute atomic E-state index is 0.00643. The zero-order valence-electron chi connectivity index (χ0n) is 20.9. The number of benzene rings is 1. The molecule has 9 heteroatoms. The number of nitrogens with zero attached hydrogens (tertiary/aromatic N) is 3. The predicted octanol–water partition coefficient (Wildman–Crippen LogP) is 2.42. The molecule has 196 valence electrons. The highest BCUT2D eigenvalue weighted by atomic mass is 16.5. The van der Waals surface area contributed by atoms with Gasteiger partial charge >= 0.3 is 0 Å². The molecule has 2 amide bonds. The van der Waals surface area contributed by atoms with Crippen LogP contribution in [0, 0.1) is 0 Å².